The van der Waals surface area contributed by atoms with Crippen molar-refractivity contribution in [2.75, 3.05) is 11.5 Å². The minimum absolute atomic E-state index is 0.118. The van der Waals surface area contributed by atoms with Gasteiger partial charge in [0.15, 0.2) is 0 Å². The zero-order valence-corrected chi connectivity index (χ0v) is 20.3. The number of nitrogens with one attached hydrogen (secondary N) is 3. The van der Waals surface area contributed by atoms with E-state index in [2.05, 4.69) is 16.0 Å². The molecule has 2 aliphatic rings. The Labute approximate surface area is 196 Å². The van der Waals surface area contributed by atoms with Gasteiger partial charge in [-0.15, -0.1) is 0 Å². The zero-order chi connectivity index (χ0) is 23.7. The van der Waals surface area contributed by atoms with Gasteiger partial charge in [-0.05, 0) is 25.3 Å². The number of carbonyl (C=O) groups excluding carboxylic acids is 4. The minimum atomic E-state index is -1.17. The third-order valence-corrected chi connectivity index (χ3v) is 7.91. The predicted octanol–water partition coefficient (Wildman–Crippen LogP) is 0.915. The highest BCUT2D eigenvalue weighted by Gasteiger charge is 2.33. The van der Waals surface area contributed by atoms with Gasteiger partial charge >= 0.3 is 5.97 Å². The molecular formula is C21H33N3O6S2. The van der Waals surface area contributed by atoms with Crippen molar-refractivity contribution in [3.05, 3.63) is 12.2 Å². The van der Waals surface area contributed by atoms with Crippen LogP contribution in [0.3, 0.4) is 0 Å². The van der Waals surface area contributed by atoms with Crippen molar-refractivity contribution in [2.24, 2.45) is 5.92 Å². The van der Waals surface area contributed by atoms with Crippen LogP contribution in [0.15, 0.2) is 12.2 Å². The summed E-state index contributed by atoms with van der Waals surface area (Å²) >= 11 is 0. The number of rotatable bonds is 2. The van der Waals surface area contributed by atoms with Crippen LogP contribution in [-0.2, 0) is 23.9 Å². The van der Waals surface area contributed by atoms with Crippen molar-refractivity contribution in [2.45, 2.75) is 76.8 Å². The molecule has 0 aromatic heterocycles. The first-order valence-electron chi connectivity index (χ1n) is 10.9. The standard InChI is InChI=1S/C21H33N3O6S2/c1-4-12(2)19-16(25)10-18(27)30-14-7-5-6-8-31-32-11-15(21(29)24-19)23-20(28)13(3)22-17(26)9-14/h5,7,12-16,19,25H,4,6,8-11H2,1-3H3,(H,22,26)(H,23,28)(H,24,29)/b7-5+/t12-,13-,14-,15-,16+,19?/m1/s1. The van der Waals surface area contributed by atoms with Gasteiger partial charge in [0.2, 0.25) is 17.7 Å². The van der Waals surface area contributed by atoms with E-state index in [-0.39, 0.29) is 18.8 Å². The van der Waals surface area contributed by atoms with E-state index in [0.717, 1.165) is 5.75 Å². The monoisotopic (exact) mass is 487 g/mol. The summed E-state index contributed by atoms with van der Waals surface area (Å²) < 4.78 is 5.46. The van der Waals surface area contributed by atoms with Gasteiger partial charge in [0.1, 0.15) is 18.2 Å². The fourth-order valence-corrected chi connectivity index (χ4v) is 5.52. The number of hydrogen-bond acceptors (Lipinski definition) is 8. The number of esters is 1. The number of aliphatic hydroxyl groups excluding tert-OH is 1. The van der Waals surface area contributed by atoms with Gasteiger partial charge < -0.3 is 25.8 Å². The van der Waals surface area contributed by atoms with Gasteiger partial charge in [0.25, 0.3) is 0 Å². The largest absolute Gasteiger partial charge is 0.457 e. The summed E-state index contributed by atoms with van der Waals surface area (Å²) in [4.78, 5) is 50.7. The molecule has 2 aliphatic heterocycles. The van der Waals surface area contributed by atoms with Crippen molar-refractivity contribution in [3.63, 3.8) is 0 Å². The maximum absolute atomic E-state index is 13.1. The predicted molar refractivity (Wildman–Crippen MR) is 125 cm³/mol. The highest BCUT2D eigenvalue weighted by molar-refractivity contribution is 8.76. The average molecular weight is 488 g/mol. The summed E-state index contributed by atoms with van der Waals surface area (Å²) in [5.74, 6) is -1.09. The smallest absolute Gasteiger partial charge is 0.309 e. The molecule has 32 heavy (non-hydrogen) atoms. The molecule has 0 radical (unpaired) electrons. The molecule has 0 aromatic carbocycles. The molecule has 4 N–H and O–H groups in total. The zero-order valence-electron chi connectivity index (χ0n) is 18.7. The van der Waals surface area contributed by atoms with Crippen LogP contribution in [0.5, 0.6) is 0 Å². The highest BCUT2D eigenvalue weighted by Crippen LogP contribution is 2.24. The number of amides is 3. The lowest BCUT2D eigenvalue weighted by Gasteiger charge is -2.30. The maximum Gasteiger partial charge on any atom is 0.309 e. The van der Waals surface area contributed by atoms with Crippen LogP contribution >= 0.6 is 21.6 Å². The Hall–Kier alpha value is -1.72. The Balaban J connectivity index is 2.43. The number of hydrogen-bond donors (Lipinski definition) is 4. The van der Waals surface area contributed by atoms with Crippen LogP contribution in [-0.4, -0.2) is 70.6 Å². The third-order valence-electron chi connectivity index (χ3n) is 5.47. The topological polar surface area (TPSA) is 134 Å². The molecule has 3 amide bonds. The fourth-order valence-electron chi connectivity index (χ4n) is 3.37. The van der Waals surface area contributed by atoms with E-state index >= 15 is 0 Å². The molecule has 0 spiro atoms. The van der Waals surface area contributed by atoms with Crippen molar-refractivity contribution >= 4 is 45.3 Å². The Kier molecular flexibility index (Phi) is 10.9. The van der Waals surface area contributed by atoms with E-state index in [1.54, 1.807) is 16.9 Å². The Morgan fingerprint density at radius 2 is 1.88 bits per heavy atom. The fraction of sp³-hybridized carbons (Fsp3) is 0.714. The van der Waals surface area contributed by atoms with Crippen LogP contribution in [0, 0.1) is 5.92 Å². The first-order valence-corrected chi connectivity index (χ1v) is 13.4. The van der Waals surface area contributed by atoms with Gasteiger partial charge in [-0.2, -0.15) is 0 Å². The second kappa shape index (κ2) is 13.1. The molecule has 1 unspecified atom stereocenters. The summed E-state index contributed by atoms with van der Waals surface area (Å²) in [6, 6.07) is -2.42. The summed E-state index contributed by atoms with van der Waals surface area (Å²) in [6.07, 6.45) is 2.41. The van der Waals surface area contributed by atoms with Gasteiger partial charge in [-0.25, -0.2) is 0 Å². The summed E-state index contributed by atoms with van der Waals surface area (Å²) in [5.41, 5.74) is 0. The lowest BCUT2D eigenvalue weighted by molar-refractivity contribution is -0.151. The van der Waals surface area contributed by atoms with E-state index in [1.165, 1.54) is 17.7 Å². The SMILES string of the molecule is CC[C@@H](C)C1NC(=O)[C@H]2CSSCC/C=C/[C@H](CC(=O)N[C@H](C)C(=O)N2)OC(=O)C[C@@H]1O. The van der Waals surface area contributed by atoms with Crippen molar-refractivity contribution < 1.29 is 29.0 Å². The minimum Gasteiger partial charge on any atom is -0.457 e. The van der Waals surface area contributed by atoms with E-state index in [1.807, 2.05) is 19.9 Å². The molecule has 0 aliphatic carbocycles. The van der Waals surface area contributed by atoms with Crippen LogP contribution in [0.4, 0.5) is 0 Å². The molecule has 2 heterocycles. The van der Waals surface area contributed by atoms with E-state index in [0.29, 0.717) is 18.6 Å². The number of ether oxygens (including phenoxy) is 1. The molecular weight excluding hydrogens is 454 g/mol. The number of carbonyl (C=O) groups is 4. The van der Waals surface area contributed by atoms with Gasteiger partial charge in [-0.3, -0.25) is 19.2 Å². The van der Waals surface area contributed by atoms with Gasteiger partial charge in [0, 0.05) is 11.5 Å². The van der Waals surface area contributed by atoms with Crippen LogP contribution < -0.4 is 16.0 Å². The lowest BCUT2D eigenvalue weighted by atomic mass is 9.92. The lowest BCUT2D eigenvalue weighted by Crippen LogP contribution is -2.57. The molecule has 1 saturated heterocycles. The van der Waals surface area contributed by atoms with Crippen molar-refractivity contribution in [1.82, 2.24) is 16.0 Å². The normalized spacial score (nSPS) is 33.3. The van der Waals surface area contributed by atoms with Gasteiger partial charge in [-0.1, -0.05) is 47.9 Å². The quantitative estimate of drug-likeness (QED) is 0.257. The molecule has 2 rings (SSSR count). The second-order valence-corrected chi connectivity index (χ2v) is 10.7. The molecule has 2 bridgehead atoms. The molecule has 0 aromatic rings. The summed E-state index contributed by atoms with van der Waals surface area (Å²) in [6.45, 7) is 5.33. The maximum atomic E-state index is 13.1. The van der Waals surface area contributed by atoms with E-state index in [4.69, 9.17) is 4.74 Å². The summed E-state index contributed by atoms with van der Waals surface area (Å²) in [7, 11) is 3.03. The van der Waals surface area contributed by atoms with Crippen LogP contribution in [0.25, 0.3) is 0 Å². The third kappa shape index (κ3) is 8.32. The molecule has 180 valence electrons. The highest BCUT2D eigenvalue weighted by atomic mass is 33.1. The molecule has 0 saturated carbocycles. The molecule has 6 atom stereocenters. The second-order valence-electron chi connectivity index (χ2n) is 8.10. The number of fused-ring (bicyclic) bond motifs is 7. The first kappa shape index (κ1) is 26.5. The Bertz CT molecular complexity index is 720. The van der Waals surface area contributed by atoms with Crippen LogP contribution in [0.1, 0.15) is 46.5 Å². The number of allylic oxidation sites excluding steroid dienone is 1. The van der Waals surface area contributed by atoms with Crippen molar-refractivity contribution in [1.29, 1.82) is 0 Å². The summed E-state index contributed by atoms with van der Waals surface area (Å²) in [5, 5.41) is 18.9. The van der Waals surface area contributed by atoms with E-state index < -0.39 is 54.0 Å². The number of aliphatic hydroxyl groups is 1. The Morgan fingerprint density at radius 1 is 1.12 bits per heavy atom. The molecule has 9 nitrogen and oxygen atoms in total. The first-order chi connectivity index (χ1) is 15.2. The average Bonchev–Trinajstić information content (AvgIpc) is 2.73. The Morgan fingerprint density at radius 3 is 2.59 bits per heavy atom. The van der Waals surface area contributed by atoms with Crippen molar-refractivity contribution in [3.8, 4) is 0 Å². The van der Waals surface area contributed by atoms with Crippen LogP contribution in [0.2, 0.25) is 0 Å². The molecule has 1 fully saturated rings. The molecule has 11 heteroatoms. The van der Waals surface area contributed by atoms with Gasteiger partial charge in [0.05, 0.1) is 25.0 Å². The van der Waals surface area contributed by atoms with E-state index in [9.17, 15) is 24.3 Å².